The third-order valence-electron chi connectivity index (χ3n) is 5.12. The number of amides is 1. The number of nitrogens with one attached hydrogen (secondary N) is 1. The first kappa shape index (κ1) is 15.1. The summed E-state index contributed by atoms with van der Waals surface area (Å²) >= 11 is 0. The van der Waals surface area contributed by atoms with Crippen LogP contribution in [0.4, 0.5) is 0 Å². The van der Waals surface area contributed by atoms with Crippen molar-refractivity contribution in [3.05, 3.63) is 35.5 Å². The van der Waals surface area contributed by atoms with Crippen LogP contribution in [-0.2, 0) is 11.2 Å². The number of hydrogen-bond donors (Lipinski definition) is 1. The fourth-order valence-corrected chi connectivity index (χ4v) is 3.69. The average Bonchev–Trinajstić information content (AvgIpc) is 2.72. The number of H-pyrrole nitrogens is 1. The van der Waals surface area contributed by atoms with Crippen molar-refractivity contribution in [2.75, 3.05) is 7.05 Å². The molecule has 0 unspecified atom stereocenters. The molecule has 1 aliphatic carbocycles. The molecule has 1 heterocycles. The van der Waals surface area contributed by atoms with Crippen molar-refractivity contribution in [1.82, 2.24) is 9.88 Å². The molecule has 1 aromatic heterocycles. The van der Waals surface area contributed by atoms with Crippen LogP contribution in [0.5, 0.6) is 0 Å². The zero-order chi connectivity index (χ0) is 15.5. The van der Waals surface area contributed by atoms with Gasteiger partial charge in [0.25, 0.3) is 0 Å². The van der Waals surface area contributed by atoms with Crippen LogP contribution in [0.1, 0.15) is 49.8 Å². The normalized spacial score (nSPS) is 16.6. The molecule has 1 N–H and O–H groups in total. The molecule has 1 aromatic carbocycles. The first-order valence-electron chi connectivity index (χ1n) is 8.48. The molecule has 3 heteroatoms. The van der Waals surface area contributed by atoms with Crippen molar-refractivity contribution in [3.8, 4) is 0 Å². The minimum Gasteiger partial charge on any atom is -0.358 e. The van der Waals surface area contributed by atoms with Gasteiger partial charge in [-0.3, -0.25) is 4.79 Å². The first-order chi connectivity index (χ1) is 10.7. The van der Waals surface area contributed by atoms with E-state index in [0.29, 0.717) is 12.5 Å². The third-order valence-corrected chi connectivity index (χ3v) is 5.12. The minimum atomic E-state index is 0.250. The lowest BCUT2D eigenvalue weighted by Crippen LogP contribution is -2.37. The SMILES string of the molecule is Cc1[nH]c2ccccc2c1CC(=O)N(C)C1CCCCCC1. The quantitative estimate of drug-likeness (QED) is 0.847. The molecule has 0 atom stereocenters. The fourth-order valence-electron chi connectivity index (χ4n) is 3.69. The summed E-state index contributed by atoms with van der Waals surface area (Å²) in [5.74, 6) is 0.250. The van der Waals surface area contributed by atoms with Crippen molar-refractivity contribution in [2.45, 2.75) is 57.9 Å². The van der Waals surface area contributed by atoms with Gasteiger partial charge in [0, 0.05) is 29.7 Å². The van der Waals surface area contributed by atoms with Crippen LogP contribution in [-0.4, -0.2) is 28.9 Å². The number of nitrogens with zero attached hydrogens (tertiary/aromatic N) is 1. The number of aromatic nitrogens is 1. The molecule has 1 saturated carbocycles. The van der Waals surface area contributed by atoms with Gasteiger partial charge in [-0.15, -0.1) is 0 Å². The van der Waals surface area contributed by atoms with Gasteiger partial charge >= 0.3 is 0 Å². The van der Waals surface area contributed by atoms with Gasteiger partial charge in [0.2, 0.25) is 5.91 Å². The zero-order valence-electron chi connectivity index (χ0n) is 13.7. The molecule has 0 spiro atoms. The Hall–Kier alpha value is -1.77. The second-order valence-electron chi connectivity index (χ2n) is 6.60. The standard InChI is InChI=1S/C19H26N2O/c1-14-17(16-11-7-8-12-18(16)20-14)13-19(22)21(2)15-9-5-3-4-6-10-15/h7-8,11-12,15,20H,3-6,9-10,13H2,1-2H3. The molecule has 1 amide bonds. The van der Waals surface area contributed by atoms with Gasteiger partial charge in [-0.25, -0.2) is 0 Å². The molecule has 2 aromatic rings. The number of fused-ring (bicyclic) bond motifs is 1. The molecule has 0 bridgehead atoms. The van der Waals surface area contributed by atoms with E-state index in [0.717, 1.165) is 29.6 Å². The smallest absolute Gasteiger partial charge is 0.227 e. The van der Waals surface area contributed by atoms with Gasteiger partial charge in [-0.2, -0.15) is 0 Å². The van der Waals surface area contributed by atoms with Gasteiger partial charge in [0.1, 0.15) is 0 Å². The summed E-state index contributed by atoms with van der Waals surface area (Å²) in [5, 5.41) is 1.18. The van der Waals surface area contributed by atoms with Crippen LogP contribution in [0.25, 0.3) is 10.9 Å². The van der Waals surface area contributed by atoms with E-state index >= 15 is 0 Å². The van der Waals surface area contributed by atoms with Crippen molar-refractivity contribution >= 4 is 16.8 Å². The number of benzene rings is 1. The number of para-hydroxylation sites is 1. The monoisotopic (exact) mass is 298 g/mol. The molecule has 22 heavy (non-hydrogen) atoms. The van der Waals surface area contributed by atoms with E-state index in [2.05, 4.69) is 24.0 Å². The van der Waals surface area contributed by atoms with Crippen LogP contribution in [0, 0.1) is 6.92 Å². The van der Waals surface area contributed by atoms with Crippen molar-refractivity contribution in [1.29, 1.82) is 0 Å². The molecular formula is C19H26N2O. The number of carbonyl (C=O) groups is 1. The van der Waals surface area contributed by atoms with E-state index in [1.54, 1.807) is 0 Å². The summed E-state index contributed by atoms with van der Waals surface area (Å²) in [6.07, 6.45) is 7.98. The summed E-state index contributed by atoms with van der Waals surface area (Å²) in [7, 11) is 1.99. The summed E-state index contributed by atoms with van der Waals surface area (Å²) in [6.45, 7) is 2.06. The number of carbonyl (C=O) groups excluding carboxylic acids is 1. The van der Waals surface area contributed by atoms with Gasteiger partial charge in [-0.05, 0) is 31.4 Å². The van der Waals surface area contributed by atoms with E-state index in [4.69, 9.17) is 0 Å². The lowest BCUT2D eigenvalue weighted by molar-refractivity contribution is -0.131. The van der Waals surface area contributed by atoms with Crippen molar-refractivity contribution in [2.24, 2.45) is 0 Å². The Balaban J connectivity index is 1.76. The third kappa shape index (κ3) is 3.03. The van der Waals surface area contributed by atoms with Crippen molar-refractivity contribution in [3.63, 3.8) is 0 Å². The second kappa shape index (κ2) is 6.55. The molecule has 0 saturated heterocycles. The summed E-state index contributed by atoms with van der Waals surface area (Å²) < 4.78 is 0. The van der Waals surface area contributed by atoms with E-state index in [1.807, 2.05) is 24.1 Å². The Morgan fingerprint density at radius 1 is 1.18 bits per heavy atom. The Kier molecular flexibility index (Phi) is 4.51. The molecule has 0 aliphatic heterocycles. The van der Waals surface area contributed by atoms with Crippen LogP contribution >= 0.6 is 0 Å². The maximum Gasteiger partial charge on any atom is 0.227 e. The first-order valence-corrected chi connectivity index (χ1v) is 8.48. The van der Waals surface area contributed by atoms with E-state index in [9.17, 15) is 4.79 Å². The summed E-state index contributed by atoms with van der Waals surface area (Å²) in [5.41, 5.74) is 3.39. The zero-order valence-corrected chi connectivity index (χ0v) is 13.7. The molecular weight excluding hydrogens is 272 g/mol. The van der Waals surface area contributed by atoms with Crippen LogP contribution < -0.4 is 0 Å². The Morgan fingerprint density at radius 3 is 2.59 bits per heavy atom. The minimum absolute atomic E-state index is 0.250. The number of rotatable bonds is 3. The van der Waals surface area contributed by atoms with E-state index in [-0.39, 0.29) is 5.91 Å². The highest BCUT2D eigenvalue weighted by Crippen LogP contribution is 2.25. The van der Waals surface area contributed by atoms with Gasteiger partial charge in [-0.1, -0.05) is 43.9 Å². The van der Waals surface area contributed by atoms with Crippen LogP contribution in [0.15, 0.2) is 24.3 Å². The second-order valence-corrected chi connectivity index (χ2v) is 6.60. The highest BCUT2D eigenvalue weighted by Gasteiger charge is 2.22. The molecule has 1 fully saturated rings. The topological polar surface area (TPSA) is 36.1 Å². The molecule has 3 rings (SSSR count). The fraction of sp³-hybridized carbons (Fsp3) is 0.526. The van der Waals surface area contributed by atoms with Gasteiger partial charge in [0.15, 0.2) is 0 Å². The molecule has 118 valence electrons. The predicted molar refractivity (Wildman–Crippen MR) is 91.0 cm³/mol. The van der Waals surface area contributed by atoms with E-state index < -0.39 is 0 Å². The van der Waals surface area contributed by atoms with Crippen LogP contribution in [0.3, 0.4) is 0 Å². The summed E-state index contributed by atoms with van der Waals surface area (Å²) in [4.78, 5) is 18.1. The molecule has 3 nitrogen and oxygen atoms in total. The maximum absolute atomic E-state index is 12.7. The lowest BCUT2D eigenvalue weighted by atomic mass is 10.0. The Bertz CT molecular complexity index is 650. The largest absolute Gasteiger partial charge is 0.358 e. The average molecular weight is 298 g/mol. The molecule has 0 radical (unpaired) electrons. The highest BCUT2D eigenvalue weighted by molar-refractivity contribution is 5.90. The van der Waals surface area contributed by atoms with Gasteiger partial charge in [0.05, 0.1) is 6.42 Å². The highest BCUT2D eigenvalue weighted by atomic mass is 16.2. The lowest BCUT2D eigenvalue weighted by Gasteiger charge is -2.27. The number of hydrogen-bond acceptors (Lipinski definition) is 1. The summed E-state index contributed by atoms with van der Waals surface area (Å²) in [6, 6.07) is 8.68. The van der Waals surface area contributed by atoms with Crippen LogP contribution in [0.2, 0.25) is 0 Å². The Morgan fingerprint density at radius 2 is 1.86 bits per heavy atom. The molecule has 1 aliphatic rings. The Labute approximate surface area is 132 Å². The van der Waals surface area contributed by atoms with E-state index in [1.165, 1.54) is 31.1 Å². The van der Waals surface area contributed by atoms with Gasteiger partial charge < -0.3 is 9.88 Å². The maximum atomic E-state index is 12.7. The van der Waals surface area contributed by atoms with Crippen molar-refractivity contribution < 1.29 is 4.79 Å². The number of aromatic amines is 1. The number of aryl methyl sites for hydroxylation is 1. The number of likely N-dealkylation sites (N-methyl/N-ethyl adjacent to an activating group) is 1. The predicted octanol–water partition coefficient (Wildman–Crippen LogP) is 4.20.